The van der Waals surface area contributed by atoms with Crippen LogP contribution in [-0.4, -0.2) is 64.8 Å². The van der Waals surface area contributed by atoms with E-state index in [1.54, 1.807) is 0 Å². The van der Waals surface area contributed by atoms with Gasteiger partial charge in [0.1, 0.15) is 11.5 Å². The number of aromatic amines is 1. The van der Waals surface area contributed by atoms with Gasteiger partial charge in [-0.1, -0.05) is 18.5 Å². The number of piperidine rings is 1. The number of imidazole rings is 1. The van der Waals surface area contributed by atoms with E-state index < -0.39 is 11.7 Å². The summed E-state index contributed by atoms with van der Waals surface area (Å²) >= 11 is 6.00. The van der Waals surface area contributed by atoms with Crippen molar-refractivity contribution < 1.29 is 18.8 Å². The molecule has 0 atom stereocenters. The molecule has 1 aliphatic heterocycles. The molecule has 2 heterocycles. The van der Waals surface area contributed by atoms with Crippen molar-refractivity contribution in [1.82, 2.24) is 25.5 Å². The monoisotopic (exact) mass is 532 g/mol. The fraction of sp³-hybridized carbons (Fsp3) is 0.538. The highest BCUT2D eigenvalue weighted by molar-refractivity contribution is 6.33. The Morgan fingerprint density at radius 3 is 2.54 bits per heavy atom. The van der Waals surface area contributed by atoms with Crippen molar-refractivity contribution >= 4 is 35.0 Å². The predicted octanol–water partition coefficient (Wildman–Crippen LogP) is 3.59. The second-order valence-corrected chi connectivity index (χ2v) is 10.4. The number of nitrogens with zero attached hydrogens (tertiary/aromatic N) is 2. The Bertz CT molecular complexity index is 1110. The van der Waals surface area contributed by atoms with Crippen LogP contribution in [0, 0.1) is 17.7 Å². The minimum absolute atomic E-state index is 0.0649. The summed E-state index contributed by atoms with van der Waals surface area (Å²) in [4.78, 5) is 47.4. The normalized spacial score (nSPS) is 20.8. The highest BCUT2D eigenvalue weighted by Gasteiger charge is 2.29. The summed E-state index contributed by atoms with van der Waals surface area (Å²) in [6.45, 7) is 5.62. The minimum Gasteiger partial charge on any atom is -0.349 e. The van der Waals surface area contributed by atoms with Crippen LogP contribution >= 0.6 is 11.6 Å². The number of hydrogen-bond donors (Lipinski definition) is 4. The number of hydrogen-bond acceptors (Lipinski definition) is 5. The first-order valence-corrected chi connectivity index (χ1v) is 13.3. The van der Waals surface area contributed by atoms with Gasteiger partial charge in [-0.25, -0.2) is 9.37 Å². The van der Waals surface area contributed by atoms with Gasteiger partial charge in [0.25, 0.3) is 11.8 Å². The number of halogens is 2. The van der Waals surface area contributed by atoms with Crippen LogP contribution in [0.4, 0.5) is 10.1 Å². The average Bonchev–Trinajstić information content (AvgIpc) is 3.38. The van der Waals surface area contributed by atoms with Crippen molar-refractivity contribution in [2.45, 2.75) is 51.5 Å². The number of amides is 3. The summed E-state index contributed by atoms with van der Waals surface area (Å²) in [5, 5.41) is 8.74. The Balaban J connectivity index is 1.22. The van der Waals surface area contributed by atoms with Gasteiger partial charge in [-0.2, -0.15) is 0 Å². The van der Waals surface area contributed by atoms with E-state index in [0.717, 1.165) is 31.6 Å². The fourth-order valence-corrected chi connectivity index (χ4v) is 5.13. The Morgan fingerprint density at radius 2 is 1.84 bits per heavy atom. The standard InChI is InChI=1S/C26H34ClFN6O3/c1-16-8-11-34(12-9-16)13-10-29-25(36)22-23(31-15-30-22)26(37)32-19-5-2-17(3-6-19)24(35)33-21-7-4-18(28)14-20(21)27/h4,7,14-17,19H,2-3,5-6,8-13H2,1H3,(H,29,36)(H,30,31)(H,32,37)(H,33,35). The summed E-state index contributed by atoms with van der Waals surface area (Å²) < 4.78 is 13.2. The van der Waals surface area contributed by atoms with Crippen LogP contribution in [0.2, 0.25) is 5.02 Å². The van der Waals surface area contributed by atoms with E-state index in [2.05, 4.69) is 37.7 Å². The lowest BCUT2D eigenvalue weighted by Crippen LogP contribution is -2.41. The number of likely N-dealkylation sites (tertiary alicyclic amines) is 1. The Morgan fingerprint density at radius 1 is 1.11 bits per heavy atom. The van der Waals surface area contributed by atoms with Gasteiger partial charge in [-0.3, -0.25) is 14.4 Å². The lowest BCUT2D eigenvalue weighted by molar-refractivity contribution is -0.120. The highest BCUT2D eigenvalue weighted by atomic mass is 35.5. The molecule has 0 spiro atoms. The van der Waals surface area contributed by atoms with E-state index in [1.807, 2.05) is 0 Å². The fourth-order valence-electron chi connectivity index (χ4n) is 4.92. The van der Waals surface area contributed by atoms with E-state index in [1.165, 1.54) is 31.3 Å². The number of H-pyrrole nitrogens is 1. The number of carbonyl (C=O) groups excluding carboxylic acids is 3. The number of anilines is 1. The molecule has 3 amide bonds. The lowest BCUT2D eigenvalue weighted by Gasteiger charge is -2.30. The van der Waals surface area contributed by atoms with Gasteiger partial charge in [0.05, 0.1) is 17.0 Å². The van der Waals surface area contributed by atoms with Gasteiger partial charge in [0, 0.05) is 25.0 Å². The average molecular weight is 533 g/mol. The first-order chi connectivity index (χ1) is 17.8. The van der Waals surface area contributed by atoms with E-state index in [4.69, 9.17) is 11.6 Å². The maximum absolute atomic E-state index is 13.2. The molecule has 0 radical (unpaired) electrons. The molecular weight excluding hydrogens is 499 g/mol. The summed E-state index contributed by atoms with van der Waals surface area (Å²) in [6.07, 6.45) is 6.08. The van der Waals surface area contributed by atoms with Gasteiger partial charge in [0.2, 0.25) is 5.91 Å². The molecule has 37 heavy (non-hydrogen) atoms. The maximum atomic E-state index is 13.2. The number of aromatic nitrogens is 2. The van der Waals surface area contributed by atoms with Crippen LogP contribution in [0.15, 0.2) is 24.5 Å². The molecule has 1 aromatic carbocycles. The first kappa shape index (κ1) is 27.1. The zero-order valence-electron chi connectivity index (χ0n) is 21.0. The number of nitrogens with one attached hydrogen (secondary N) is 4. The molecule has 4 rings (SSSR count). The van der Waals surface area contributed by atoms with E-state index in [0.29, 0.717) is 37.9 Å². The molecule has 2 fully saturated rings. The molecule has 1 saturated carbocycles. The molecule has 0 bridgehead atoms. The smallest absolute Gasteiger partial charge is 0.272 e. The van der Waals surface area contributed by atoms with Crippen LogP contribution in [0.1, 0.15) is 66.4 Å². The Labute approximate surface area is 220 Å². The third kappa shape index (κ3) is 7.29. The topological polar surface area (TPSA) is 119 Å². The van der Waals surface area contributed by atoms with Crippen LogP contribution < -0.4 is 16.0 Å². The largest absolute Gasteiger partial charge is 0.349 e. The minimum atomic E-state index is -0.469. The second kappa shape index (κ2) is 12.5. The number of rotatable bonds is 8. The van der Waals surface area contributed by atoms with Crippen molar-refractivity contribution in [2.75, 3.05) is 31.5 Å². The second-order valence-electron chi connectivity index (χ2n) is 10.0. The first-order valence-electron chi connectivity index (χ1n) is 12.9. The van der Waals surface area contributed by atoms with E-state index in [-0.39, 0.29) is 40.2 Å². The van der Waals surface area contributed by atoms with Crippen molar-refractivity contribution in [3.63, 3.8) is 0 Å². The molecule has 1 aliphatic carbocycles. The summed E-state index contributed by atoms with van der Waals surface area (Å²) in [5.41, 5.74) is 0.586. The molecule has 1 aromatic heterocycles. The molecule has 2 aromatic rings. The van der Waals surface area contributed by atoms with E-state index >= 15 is 0 Å². The van der Waals surface area contributed by atoms with Gasteiger partial charge < -0.3 is 25.8 Å². The zero-order chi connectivity index (χ0) is 26.4. The highest BCUT2D eigenvalue weighted by Crippen LogP contribution is 2.28. The number of benzene rings is 1. The zero-order valence-corrected chi connectivity index (χ0v) is 21.7. The summed E-state index contributed by atoms with van der Waals surface area (Å²) in [6, 6.07) is 3.71. The van der Waals surface area contributed by atoms with Gasteiger partial charge in [-0.15, -0.1) is 0 Å². The SMILES string of the molecule is CC1CCN(CCNC(=O)c2[nH]cnc2C(=O)NC2CCC(C(=O)Nc3ccc(F)cc3Cl)CC2)CC1. The third-order valence-corrected chi connectivity index (χ3v) is 7.61. The van der Waals surface area contributed by atoms with Gasteiger partial charge >= 0.3 is 0 Å². The Kier molecular flexibility index (Phi) is 9.15. The van der Waals surface area contributed by atoms with Crippen LogP contribution in [0.25, 0.3) is 0 Å². The maximum Gasteiger partial charge on any atom is 0.272 e. The van der Waals surface area contributed by atoms with Crippen molar-refractivity contribution in [3.05, 3.63) is 46.8 Å². The molecule has 1 saturated heterocycles. The molecule has 11 heteroatoms. The summed E-state index contributed by atoms with van der Waals surface area (Å²) in [5.74, 6) is -0.892. The molecule has 4 N–H and O–H groups in total. The van der Waals surface area contributed by atoms with E-state index in [9.17, 15) is 18.8 Å². The molecule has 0 unspecified atom stereocenters. The number of carbonyl (C=O) groups is 3. The molecule has 9 nitrogen and oxygen atoms in total. The van der Waals surface area contributed by atoms with Crippen molar-refractivity contribution in [1.29, 1.82) is 0 Å². The lowest BCUT2D eigenvalue weighted by atomic mass is 9.85. The van der Waals surface area contributed by atoms with Crippen molar-refractivity contribution in [3.8, 4) is 0 Å². The summed E-state index contributed by atoms with van der Waals surface area (Å²) in [7, 11) is 0. The quantitative estimate of drug-likeness (QED) is 0.414. The van der Waals surface area contributed by atoms with Gasteiger partial charge in [-0.05, 0) is 75.7 Å². The molecular formula is C26H34ClFN6O3. The Hall–Kier alpha value is -2.98. The van der Waals surface area contributed by atoms with Crippen molar-refractivity contribution in [2.24, 2.45) is 11.8 Å². The molecule has 200 valence electrons. The molecule has 2 aliphatic rings. The van der Waals surface area contributed by atoms with Crippen LogP contribution in [0.3, 0.4) is 0 Å². The van der Waals surface area contributed by atoms with Gasteiger partial charge in [0.15, 0.2) is 5.69 Å². The van der Waals surface area contributed by atoms with Crippen LogP contribution in [0.5, 0.6) is 0 Å². The third-order valence-electron chi connectivity index (χ3n) is 7.29. The van der Waals surface area contributed by atoms with Crippen LogP contribution in [-0.2, 0) is 4.79 Å². The predicted molar refractivity (Wildman–Crippen MR) is 139 cm³/mol.